The lowest BCUT2D eigenvalue weighted by molar-refractivity contribution is 0.650. The van der Waals surface area contributed by atoms with Crippen molar-refractivity contribution >= 4 is 47.4 Å². The van der Waals surface area contributed by atoms with Crippen LogP contribution >= 0.6 is 35.6 Å². The molecule has 0 saturated carbocycles. The Hall–Kier alpha value is -1.02. The number of aromatic nitrogens is 1. The van der Waals surface area contributed by atoms with E-state index in [-0.39, 0.29) is 24.0 Å². The molecular formula is C15H23ClIN5. The zero-order valence-corrected chi connectivity index (χ0v) is 15.8. The Balaban J connectivity index is 0.00000242. The summed E-state index contributed by atoms with van der Waals surface area (Å²) in [6.45, 7) is 9.01. The summed E-state index contributed by atoms with van der Waals surface area (Å²) in [4.78, 5) is 11.0. The molecule has 1 aliphatic rings. The SMILES string of the molecule is C=CCN=C(NCC)NC1CCN(c2ncccc2Cl)C1.I. The molecule has 1 aliphatic heterocycles. The number of nitrogens with one attached hydrogen (secondary N) is 2. The van der Waals surface area contributed by atoms with Gasteiger partial charge in [-0.2, -0.15) is 0 Å². The summed E-state index contributed by atoms with van der Waals surface area (Å²) in [6, 6.07) is 4.06. The monoisotopic (exact) mass is 435 g/mol. The molecule has 5 nitrogen and oxygen atoms in total. The van der Waals surface area contributed by atoms with Gasteiger partial charge in [-0.1, -0.05) is 17.7 Å². The Bertz CT molecular complexity index is 508. The van der Waals surface area contributed by atoms with E-state index in [1.807, 2.05) is 12.1 Å². The molecule has 0 bridgehead atoms. The summed E-state index contributed by atoms with van der Waals surface area (Å²) in [7, 11) is 0. The van der Waals surface area contributed by atoms with Gasteiger partial charge in [0.15, 0.2) is 5.96 Å². The number of halogens is 2. The molecule has 1 fully saturated rings. The molecule has 0 radical (unpaired) electrons. The van der Waals surface area contributed by atoms with Crippen LogP contribution in [-0.4, -0.2) is 43.2 Å². The zero-order chi connectivity index (χ0) is 15.1. The number of hydrogen-bond donors (Lipinski definition) is 2. The summed E-state index contributed by atoms with van der Waals surface area (Å²) in [5.74, 6) is 1.69. The van der Waals surface area contributed by atoms with Crippen LogP contribution in [0.1, 0.15) is 13.3 Å². The van der Waals surface area contributed by atoms with E-state index in [4.69, 9.17) is 11.6 Å². The van der Waals surface area contributed by atoms with Gasteiger partial charge in [0, 0.05) is 31.9 Å². The average molecular weight is 436 g/mol. The first kappa shape index (κ1) is 19.0. The van der Waals surface area contributed by atoms with Gasteiger partial charge in [0.2, 0.25) is 0 Å². The van der Waals surface area contributed by atoms with E-state index in [2.05, 4.69) is 39.0 Å². The maximum absolute atomic E-state index is 6.20. The van der Waals surface area contributed by atoms with E-state index in [0.29, 0.717) is 17.6 Å². The fourth-order valence-electron chi connectivity index (χ4n) is 2.35. The van der Waals surface area contributed by atoms with E-state index in [0.717, 1.165) is 37.8 Å². The van der Waals surface area contributed by atoms with E-state index >= 15 is 0 Å². The van der Waals surface area contributed by atoms with Crippen LogP contribution in [0.4, 0.5) is 5.82 Å². The van der Waals surface area contributed by atoms with Gasteiger partial charge in [0.1, 0.15) is 5.82 Å². The van der Waals surface area contributed by atoms with Crippen LogP contribution < -0.4 is 15.5 Å². The lowest BCUT2D eigenvalue weighted by Crippen LogP contribution is -2.44. The summed E-state index contributed by atoms with van der Waals surface area (Å²) >= 11 is 6.20. The van der Waals surface area contributed by atoms with Crippen LogP contribution in [0.2, 0.25) is 5.02 Å². The molecule has 1 unspecified atom stereocenters. The van der Waals surface area contributed by atoms with Crippen LogP contribution in [0, 0.1) is 0 Å². The second kappa shape index (κ2) is 9.89. The molecule has 2 rings (SSSR count). The van der Waals surface area contributed by atoms with E-state index < -0.39 is 0 Å². The number of hydrogen-bond acceptors (Lipinski definition) is 3. The van der Waals surface area contributed by atoms with Crippen molar-refractivity contribution in [1.82, 2.24) is 15.6 Å². The van der Waals surface area contributed by atoms with Gasteiger partial charge in [0.25, 0.3) is 0 Å². The maximum atomic E-state index is 6.20. The van der Waals surface area contributed by atoms with Gasteiger partial charge >= 0.3 is 0 Å². The Morgan fingerprint density at radius 2 is 2.45 bits per heavy atom. The fraction of sp³-hybridized carbons (Fsp3) is 0.467. The molecule has 1 atom stereocenters. The molecular weight excluding hydrogens is 413 g/mol. The molecule has 2 heterocycles. The van der Waals surface area contributed by atoms with Crippen LogP contribution in [-0.2, 0) is 0 Å². The Labute approximate surface area is 154 Å². The Morgan fingerprint density at radius 1 is 1.64 bits per heavy atom. The number of anilines is 1. The van der Waals surface area contributed by atoms with Crippen LogP contribution in [0.15, 0.2) is 36.0 Å². The minimum absolute atomic E-state index is 0. The van der Waals surface area contributed by atoms with Crippen molar-refractivity contribution < 1.29 is 0 Å². The van der Waals surface area contributed by atoms with Crippen LogP contribution in [0.5, 0.6) is 0 Å². The van der Waals surface area contributed by atoms with Crippen molar-refractivity contribution in [1.29, 1.82) is 0 Å². The fourth-order valence-corrected chi connectivity index (χ4v) is 2.59. The number of rotatable bonds is 5. The Kier molecular flexibility index (Phi) is 8.55. The normalized spacial score (nSPS) is 17.8. The molecule has 22 heavy (non-hydrogen) atoms. The quantitative estimate of drug-likeness (QED) is 0.323. The Morgan fingerprint density at radius 3 is 3.14 bits per heavy atom. The highest BCUT2D eigenvalue weighted by Crippen LogP contribution is 2.25. The first-order chi connectivity index (χ1) is 10.2. The number of aliphatic imine (C=N–C) groups is 1. The van der Waals surface area contributed by atoms with Gasteiger partial charge < -0.3 is 15.5 Å². The largest absolute Gasteiger partial charge is 0.357 e. The average Bonchev–Trinajstić information content (AvgIpc) is 2.94. The molecule has 2 N–H and O–H groups in total. The van der Waals surface area contributed by atoms with Gasteiger partial charge in [-0.3, -0.25) is 0 Å². The third-order valence-electron chi connectivity index (χ3n) is 3.29. The van der Waals surface area contributed by atoms with E-state index in [9.17, 15) is 0 Å². The molecule has 1 saturated heterocycles. The van der Waals surface area contributed by atoms with Gasteiger partial charge in [-0.05, 0) is 25.5 Å². The highest BCUT2D eigenvalue weighted by atomic mass is 127. The number of nitrogens with zero attached hydrogens (tertiary/aromatic N) is 3. The predicted molar refractivity (Wildman–Crippen MR) is 105 cm³/mol. The maximum Gasteiger partial charge on any atom is 0.191 e. The zero-order valence-electron chi connectivity index (χ0n) is 12.8. The lowest BCUT2D eigenvalue weighted by Gasteiger charge is -2.20. The molecule has 1 aromatic rings. The van der Waals surface area contributed by atoms with Crippen molar-refractivity contribution in [3.63, 3.8) is 0 Å². The number of guanidine groups is 1. The summed E-state index contributed by atoms with van der Waals surface area (Å²) in [6.07, 6.45) is 4.59. The highest BCUT2D eigenvalue weighted by Gasteiger charge is 2.25. The summed E-state index contributed by atoms with van der Waals surface area (Å²) in [5, 5.41) is 7.39. The second-order valence-corrected chi connectivity index (χ2v) is 5.30. The van der Waals surface area contributed by atoms with Gasteiger partial charge in [-0.25, -0.2) is 9.98 Å². The molecule has 0 aliphatic carbocycles. The first-order valence-corrected chi connectivity index (χ1v) is 7.63. The predicted octanol–water partition coefficient (Wildman–Crippen LogP) is 2.67. The lowest BCUT2D eigenvalue weighted by atomic mass is 10.3. The molecule has 0 aromatic carbocycles. The van der Waals surface area contributed by atoms with Gasteiger partial charge in [-0.15, -0.1) is 30.6 Å². The topological polar surface area (TPSA) is 52.6 Å². The first-order valence-electron chi connectivity index (χ1n) is 7.25. The second-order valence-electron chi connectivity index (χ2n) is 4.89. The molecule has 7 heteroatoms. The van der Waals surface area contributed by atoms with Crippen LogP contribution in [0.3, 0.4) is 0 Å². The van der Waals surface area contributed by atoms with Crippen molar-refractivity contribution in [2.45, 2.75) is 19.4 Å². The van der Waals surface area contributed by atoms with E-state index in [1.54, 1.807) is 12.3 Å². The smallest absolute Gasteiger partial charge is 0.191 e. The molecule has 122 valence electrons. The van der Waals surface area contributed by atoms with Crippen LogP contribution in [0.25, 0.3) is 0 Å². The van der Waals surface area contributed by atoms with E-state index in [1.165, 1.54) is 0 Å². The molecule has 1 aromatic heterocycles. The molecule has 0 amide bonds. The standard InChI is InChI=1S/C15H22ClN5.HI/c1-3-8-19-15(17-4-2)20-12-7-10-21(11-12)14-13(16)6-5-9-18-14;/h3,5-6,9,12H,1,4,7-8,10-11H2,2H3,(H2,17,19,20);1H. The van der Waals surface area contributed by atoms with Crippen molar-refractivity contribution in [2.24, 2.45) is 4.99 Å². The third-order valence-corrected chi connectivity index (χ3v) is 3.59. The molecule has 0 spiro atoms. The minimum atomic E-state index is 0. The highest BCUT2D eigenvalue weighted by molar-refractivity contribution is 14.0. The van der Waals surface area contributed by atoms with Gasteiger partial charge in [0.05, 0.1) is 11.6 Å². The number of pyridine rings is 1. The minimum Gasteiger partial charge on any atom is -0.357 e. The third kappa shape index (κ3) is 5.31. The van der Waals surface area contributed by atoms with Crippen molar-refractivity contribution in [2.75, 3.05) is 31.1 Å². The van der Waals surface area contributed by atoms with Crippen molar-refractivity contribution in [3.05, 3.63) is 36.0 Å². The van der Waals surface area contributed by atoms with Crippen molar-refractivity contribution in [3.8, 4) is 0 Å². The summed E-state index contributed by atoms with van der Waals surface area (Å²) < 4.78 is 0. The summed E-state index contributed by atoms with van der Waals surface area (Å²) in [5.41, 5.74) is 0.